The van der Waals surface area contributed by atoms with E-state index in [1.54, 1.807) is 12.1 Å². The van der Waals surface area contributed by atoms with E-state index in [1.807, 2.05) is 0 Å². The maximum absolute atomic E-state index is 11.9. The molecule has 0 fully saturated rings. The lowest BCUT2D eigenvalue weighted by atomic mass is 9.97. The van der Waals surface area contributed by atoms with Crippen molar-refractivity contribution in [2.75, 3.05) is 0 Å². The van der Waals surface area contributed by atoms with Crippen LogP contribution in [-0.4, -0.2) is 22.3 Å². The van der Waals surface area contributed by atoms with Crippen LogP contribution in [0.15, 0.2) is 33.9 Å². The quantitative estimate of drug-likeness (QED) is 0.360. The Bertz CT molecular complexity index is 762. The van der Waals surface area contributed by atoms with Gasteiger partial charge in [-0.05, 0) is 17.2 Å². The minimum Gasteiger partial charge on any atom is -0.321 e. The lowest BCUT2D eigenvalue weighted by Gasteiger charge is -2.17. The monoisotopic (exact) mass is 304 g/mol. The third-order valence-corrected chi connectivity index (χ3v) is 3.18. The maximum atomic E-state index is 11.9. The molecule has 0 unspecified atom stereocenters. The molecule has 2 rings (SSSR count). The fourth-order valence-corrected chi connectivity index (χ4v) is 2.37. The normalized spacial score (nSPS) is 11.4. The van der Waals surface area contributed by atoms with E-state index in [2.05, 4.69) is 9.97 Å². The summed E-state index contributed by atoms with van der Waals surface area (Å²) in [6, 6.07) is 6.09. The lowest BCUT2D eigenvalue weighted by Crippen LogP contribution is -2.36. The maximum Gasteiger partial charge on any atom is 0.248 e. The molecule has 0 aromatic carbocycles. The molecule has 0 aliphatic carbocycles. The number of rotatable bonds is 5. The van der Waals surface area contributed by atoms with Gasteiger partial charge in [-0.1, -0.05) is 6.07 Å². The highest BCUT2D eigenvalue weighted by molar-refractivity contribution is 5.60. The summed E-state index contributed by atoms with van der Waals surface area (Å²) < 4.78 is 0. The summed E-state index contributed by atoms with van der Waals surface area (Å²) in [6.45, 7) is 0. The van der Waals surface area contributed by atoms with Gasteiger partial charge in [0.05, 0.1) is 23.7 Å². The first-order valence-corrected chi connectivity index (χ1v) is 6.84. The van der Waals surface area contributed by atoms with Crippen molar-refractivity contribution in [3.05, 3.63) is 56.1 Å². The molecule has 0 atom stereocenters. The molecule has 0 aliphatic rings. The molecule has 0 aliphatic heterocycles. The fraction of sp³-hybridized carbons (Fsp3) is 0.286. The third-order valence-electron chi connectivity index (χ3n) is 3.18. The Balaban J connectivity index is 2.67. The van der Waals surface area contributed by atoms with Crippen molar-refractivity contribution >= 4 is 0 Å². The van der Waals surface area contributed by atoms with Gasteiger partial charge < -0.3 is 32.9 Å². The molecule has 2 aromatic heterocycles. The molecular weight excluding hydrogens is 284 g/mol. The summed E-state index contributed by atoms with van der Waals surface area (Å²) in [4.78, 5) is 28.8. The first-order valence-electron chi connectivity index (χ1n) is 6.84. The van der Waals surface area contributed by atoms with Crippen molar-refractivity contribution in [3.8, 4) is 11.4 Å². The molecule has 8 heteroatoms. The second-order valence-electron chi connectivity index (χ2n) is 5.18. The van der Waals surface area contributed by atoms with Crippen LogP contribution in [0, 0.1) is 0 Å². The van der Waals surface area contributed by atoms with Crippen molar-refractivity contribution in [3.63, 3.8) is 0 Å². The highest BCUT2D eigenvalue weighted by Gasteiger charge is 2.16. The van der Waals surface area contributed by atoms with Gasteiger partial charge >= 0.3 is 0 Å². The molecule has 0 saturated heterocycles. The summed E-state index contributed by atoms with van der Waals surface area (Å²) >= 11 is 0. The summed E-state index contributed by atoms with van der Waals surface area (Å²) in [5, 5.41) is 0. The number of pyridine rings is 2. The van der Waals surface area contributed by atoms with Gasteiger partial charge in [-0.25, -0.2) is 0 Å². The Morgan fingerprint density at radius 1 is 0.909 bits per heavy atom. The van der Waals surface area contributed by atoms with Crippen LogP contribution in [0.1, 0.15) is 11.1 Å². The van der Waals surface area contributed by atoms with Crippen molar-refractivity contribution in [1.29, 1.82) is 0 Å². The van der Waals surface area contributed by atoms with Gasteiger partial charge in [0, 0.05) is 25.0 Å². The Morgan fingerprint density at radius 2 is 1.59 bits per heavy atom. The van der Waals surface area contributed by atoms with Gasteiger partial charge in [0.1, 0.15) is 0 Å². The largest absolute Gasteiger partial charge is 0.321 e. The predicted octanol–water partition coefficient (Wildman–Crippen LogP) is -1.70. The molecule has 0 spiro atoms. The molecule has 22 heavy (non-hydrogen) atoms. The van der Waals surface area contributed by atoms with Crippen molar-refractivity contribution in [2.24, 2.45) is 22.9 Å². The van der Waals surface area contributed by atoms with Gasteiger partial charge in [-0.3, -0.25) is 9.59 Å². The van der Waals surface area contributed by atoms with Crippen LogP contribution in [0.4, 0.5) is 0 Å². The highest BCUT2D eigenvalue weighted by atomic mass is 16.1. The zero-order valence-corrected chi connectivity index (χ0v) is 12.0. The molecule has 2 heterocycles. The average molecular weight is 304 g/mol. The van der Waals surface area contributed by atoms with Crippen LogP contribution in [-0.2, 0) is 12.8 Å². The van der Waals surface area contributed by atoms with Crippen LogP contribution < -0.4 is 34.1 Å². The van der Waals surface area contributed by atoms with Gasteiger partial charge in [0.25, 0.3) is 0 Å². The van der Waals surface area contributed by atoms with Crippen LogP contribution in [0.2, 0.25) is 0 Å². The molecular formula is C14H20N6O2. The Morgan fingerprint density at radius 3 is 2.18 bits per heavy atom. The fourth-order valence-electron chi connectivity index (χ4n) is 2.37. The highest BCUT2D eigenvalue weighted by Crippen LogP contribution is 2.22. The van der Waals surface area contributed by atoms with Gasteiger partial charge in [0.15, 0.2) is 0 Å². The number of hydrogen-bond acceptors (Lipinski definition) is 6. The standard InChI is InChI=1S/C14H20N6O2/c15-10(16)4-7-5-13(22)20-14(8(7)6-11(17)18)9-2-1-3-12(21)19-9/h1-3,5,10-11H,4,6,15-18H2,(H,19,21)(H,20,22). The van der Waals surface area contributed by atoms with E-state index in [0.29, 0.717) is 29.8 Å². The van der Waals surface area contributed by atoms with Gasteiger partial charge in [-0.2, -0.15) is 0 Å². The number of aromatic amines is 2. The molecule has 2 aromatic rings. The van der Waals surface area contributed by atoms with Crippen LogP contribution in [0.25, 0.3) is 11.4 Å². The molecule has 0 saturated carbocycles. The second-order valence-corrected chi connectivity index (χ2v) is 5.18. The first-order chi connectivity index (χ1) is 10.4. The van der Waals surface area contributed by atoms with E-state index >= 15 is 0 Å². The van der Waals surface area contributed by atoms with Crippen LogP contribution in [0.5, 0.6) is 0 Å². The Labute approximate surface area is 126 Å². The molecule has 8 nitrogen and oxygen atoms in total. The molecule has 0 amide bonds. The van der Waals surface area contributed by atoms with Crippen molar-refractivity contribution < 1.29 is 0 Å². The topological polar surface area (TPSA) is 170 Å². The van der Waals surface area contributed by atoms with Crippen molar-refractivity contribution in [1.82, 2.24) is 9.97 Å². The Kier molecular flexibility index (Phi) is 4.88. The van der Waals surface area contributed by atoms with E-state index < -0.39 is 12.3 Å². The smallest absolute Gasteiger partial charge is 0.248 e. The number of aromatic nitrogens is 2. The number of hydrogen-bond donors (Lipinski definition) is 6. The van der Waals surface area contributed by atoms with E-state index in [9.17, 15) is 9.59 Å². The zero-order valence-electron chi connectivity index (χ0n) is 12.0. The molecule has 118 valence electrons. The number of H-pyrrole nitrogens is 2. The number of nitrogens with one attached hydrogen (secondary N) is 2. The summed E-state index contributed by atoms with van der Waals surface area (Å²) in [5.74, 6) is 0. The molecule has 0 bridgehead atoms. The summed E-state index contributed by atoms with van der Waals surface area (Å²) in [5.41, 5.74) is 24.4. The zero-order chi connectivity index (χ0) is 16.3. The average Bonchev–Trinajstić information content (AvgIpc) is 2.40. The second kappa shape index (κ2) is 6.67. The van der Waals surface area contributed by atoms with E-state index in [-0.39, 0.29) is 11.1 Å². The molecule has 0 radical (unpaired) electrons. The van der Waals surface area contributed by atoms with Crippen molar-refractivity contribution in [2.45, 2.75) is 25.2 Å². The van der Waals surface area contributed by atoms with Crippen LogP contribution in [0.3, 0.4) is 0 Å². The van der Waals surface area contributed by atoms with Gasteiger partial charge in [-0.15, -0.1) is 0 Å². The Hall–Kier alpha value is -2.26. The minimum absolute atomic E-state index is 0.276. The predicted molar refractivity (Wildman–Crippen MR) is 84.9 cm³/mol. The third kappa shape index (κ3) is 3.89. The minimum atomic E-state index is -0.618. The first kappa shape index (κ1) is 16.1. The summed E-state index contributed by atoms with van der Waals surface area (Å²) in [7, 11) is 0. The van der Waals surface area contributed by atoms with E-state index in [0.717, 1.165) is 5.56 Å². The van der Waals surface area contributed by atoms with E-state index in [1.165, 1.54) is 12.1 Å². The SMILES string of the molecule is NC(N)Cc1cc(=O)[nH]c(-c2cccc(=O)[nH]2)c1CC(N)N. The van der Waals surface area contributed by atoms with E-state index in [4.69, 9.17) is 22.9 Å². The van der Waals surface area contributed by atoms with Gasteiger partial charge in [0.2, 0.25) is 11.1 Å². The lowest BCUT2D eigenvalue weighted by molar-refractivity contribution is 0.668. The molecule has 10 N–H and O–H groups in total. The van der Waals surface area contributed by atoms with Crippen LogP contribution >= 0.6 is 0 Å². The number of nitrogens with two attached hydrogens (primary N) is 4. The summed E-state index contributed by atoms with van der Waals surface area (Å²) in [6.07, 6.45) is -0.619.